The highest BCUT2D eigenvalue weighted by atomic mass is 79.9. The second-order valence-corrected chi connectivity index (χ2v) is 4.83. The first-order valence-electron chi connectivity index (χ1n) is 5.26. The molecule has 6 heteroatoms. The smallest absolute Gasteiger partial charge is 0.157 e. The summed E-state index contributed by atoms with van der Waals surface area (Å²) in [4.78, 5) is 0. The van der Waals surface area contributed by atoms with Crippen molar-refractivity contribution in [1.82, 2.24) is 0 Å². The van der Waals surface area contributed by atoms with Crippen molar-refractivity contribution in [3.05, 3.63) is 28.7 Å². The molecule has 1 saturated heterocycles. The van der Waals surface area contributed by atoms with Crippen LogP contribution in [0, 0.1) is 0 Å². The molecule has 4 atom stereocenters. The molecule has 1 fully saturated rings. The summed E-state index contributed by atoms with van der Waals surface area (Å²) >= 11 is 3.32. The molecular weight excluding hydrogens is 290 g/mol. The molecule has 2 rings (SSSR count). The summed E-state index contributed by atoms with van der Waals surface area (Å²) in [5.41, 5.74) is 0.767. The molecule has 5 nitrogen and oxygen atoms in total. The van der Waals surface area contributed by atoms with E-state index < -0.39 is 24.5 Å². The third-order valence-corrected chi connectivity index (χ3v) is 3.22. The van der Waals surface area contributed by atoms with Crippen molar-refractivity contribution in [3.8, 4) is 0 Å². The minimum absolute atomic E-state index is 0.323. The van der Waals surface area contributed by atoms with E-state index >= 15 is 0 Å². The van der Waals surface area contributed by atoms with Gasteiger partial charge < -0.3 is 25.4 Å². The first kappa shape index (κ1) is 12.8. The summed E-state index contributed by atoms with van der Waals surface area (Å²) in [5, 5.41) is 31.2. The molecule has 0 aromatic heterocycles. The van der Waals surface area contributed by atoms with Gasteiger partial charge in [0.15, 0.2) is 6.23 Å². The SMILES string of the molecule is OC[C@H]1O[C@@H](Nc2ccc(Br)cc2)[C@H](O)[C@@H]1O. The normalized spacial score (nSPS) is 32.7. The predicted octanol–water partition coefficient (Wildman–Crippen LogP) is 0.300. The number of hydrogen-bond donors (Lipinski definition) is 4. The number of aliphatic hydroxyl groups excluding tert-OH is 3. The molecule has 0 radical (unpaired) electrons. The first-order chi connectivity index (χ1) is 8.11. The molecule has 0 unspecified atom stereocenters. The Morgan fingerprint density at radius 1 is 1.18 bits per heavy atom. The Morgan fingerprint density at radius 2 is 1.82 bits per heavy atom. The quantitative estimate of drug-likeness (QED) is 0.646. The lowest BCUT2D eigenvalue weighted by Crippen LogP contribution is -2.36. The zero-order valence-electron chi connectivity index (χ0n) is 8.95. The van der Waals surface area contributed by atoms with Crippen molar-refractivity contribution in [3.63, 3.8) is 0 Å². The topological polar surface area (TPSA) is 82.0 Å². The fourth-order valence-corrected chi connectivity index (χ4v) is 1.99. The lowest BCUT2D eigenvalue weighted by molar-refractivity contribution is -0.0153. The van der Waals surface area contributed by atoms with E-state index in [0.717, 1.165) is 10.2 Å². The molecule has 0 saturated carbocycles. The van der Waals surface area contributed by atoms with Crippen LogP contribution in [-0.2, 0) is 4.74 Å². The van der Waals surface area contributed by atoms with Crippen LogP contribution in [0.1, 0.15) is 0 Å². The van der Waals surface area contributed by atoms with Gasteiger partial charge in [-0.05, 0) is 24.3 Å². The molecule has 0 amide bonds. The molecule has 0 aliphatic carbocycles. The summed E-state index contributed by atoms with van der Waals surface area (Å²) in [7, 11) is 0. The van der Waals surface area contributed by atoms with Gasteiger partial charge in [0.25, 0.3) is 0 Å². The Balaban J connectivity index is 2.02. The zero-order chi connectivity index (χ0) is 12.4. The van der Waals surface area contributed by atoms with Gasteiger partial charge in [-0.1, -0.05) is 15.9 Å². The highest BCUT2D eigenvalue weighted by Crippen LogP contribution is 2.23. The number of nitrogens with one attached hydrogen (secondary N) is 1. The van der Waals surface area contributed by atoms with E-state index in [1.54, 1.807) is 0 Å². The molecule has 0 bridgehead atoms. The number of rotatable bonds is 3. The minimum Gasteiger partial charge on any atom is -0.394 e. The Hall–Kier alpha value is -0.660. The number of benzene rings is 1. The Labute approximate surface area is 107 Å². The summed E-state index contributed by atoms with van der Waals surface area (Å²) in [5.74, 6) is 0. The van der Waals surface area contributed by atoms with Crippen molar-refractivity contribution in [2.75, 3.05) is 11.9 Å². The third-order valence-electron chi connectivity index (χ3n) is 2.70. The molecule has 4 N–H and O–H groups in total. The summed E-state index contributed by atoms with van der Waals surface area (Å²) in [6.45, 7) is -0.323. The second kappa shape index (κ2) is 5.32. The van der Waals surface area contributed by atoms with Gasteiger partial charge in [-0.2, -0.15) is 0 Å². The van der Waals surface area contributed by atoms with Gasteiger partial charge >= 0.3 is 0 Å². The van der Waals surface area contributed by atoms with Crippen LogP contribution in [0.5, 0.6) is 0 Å². The maximum absolute atomic E-state index is 9.72. The number of aliphatic hydroxyl groups is 3. The lowest BCUT2D eigenvalue weighted by atomic mass is 10.1. The van der Waals surface area contributed by atoms with E-state index in [9.17, 15) is 10.2 Å². The van der Waals surface area contributed by atoms with Crippen LogP contribution in [0.4, 0.5) is 5.69 Å². The van der Waals surface area contributed by atoms with Gasteiger partial charge in [0, 0.05) is 10.2 Å². The van der Waals surface area contributed by atoms with Crippen molar-refractivity contribution in [2.45, 2.75) is 24.5 Å². The van der Waals surface area contributed by atoms with Crippen LogP contribution in [0.2, 0.25) is 0 Å². The van der Waals surface area contributed by atoms with Crippen LogP contribution >= 0.6 is 15.9 Å². The molecule has 1 heterocycles. The fraction of sp³-hybridized carbons (Fsp3) is 0.455. The molecule has 17 heavy (non-hydrogen) atoms. The fourth-order valence-electron chi connectivity index (χ4n) is 1.73. The van der Waals surface area contributed by atoms with E-state index in [1.165, 1.54) is 0 Å². The number of anilines is 1. The monoisotopic (exact) mass is 303 g/mol. The Morgan fingerprint density at radius 3 is 2.35 bits per heavy atom. The highest BCUT2D eigenvalue weighted by molar-refractivity contribution is 9.10. The Kier molecular flexibility index (Phi) is 4.01. The zero-order valence-corrected chi connectivity index (χ0v) is 10.5. The average Bonchev–Trinajstić information content (AvgIpc) is 2.60. The summed E-state index contributed by atoms with van der Waals surface area (Å²) < 4.78 is 6.24. The molecule has 1 aromatic carbocycles. The van der Waals surface area contributed by atoms with E-state index in [-0.39, 0.29) is 6.61 Å². The third kappa shape index (κ3) is 2.78. The number of halogens is 1. The van der Waals surface area contributed by atoms with Crippen LogP contribution in [-0.4, -0.2) is 46.5 Å². The van der Waals surface area contributed by atoms with Crippen LogP contribution in [0.3, 0.4) is 0 Å². The van der Waals surface area contributed by atoms with Gasteiger partial charge in [0.2, 0.25) is 0 Å². The molecule has 0 spiro atoms. The molecule has 1 aromatic rings. The van der Waals surface area contributed by atoms with Gasteiger partial charge in [0.05, 0.1) is 6.61 Å². The van der Waals surface area contributed by atoms with Crippen LogP contribution in [0.25, 0.3) is 0 Å². The minimum atomic E-state index is -1.08. The largest absolute Gasteiger partial charge is 0.394 e. The van der Waals surface area contributed by atoms with Gasteiger partial charge in [-0.15, -0.1) is 0 Å². The van der Waals surface area contributed by atoms with E-state index in [0.29, 0.717) is 0 Å². The van der Waals surface area contributed by atoms with E-state index in [4.69, 9.17) is 9.84 Å². The average molecular weight is 304 g/mol. The number of hydrogen-bond acceptors (Lipinski definition) is 5. The van der Waals surface area contributed by atoms with Gasteiger partial charge in [-0.25, -0.2) is 0 Å². The maximum Gasteiger partial charge on any atom is 0.157 e. The second-order valence-electron chi connectivity index (χ2n) is 3.91. The molecular formula is C11H14BrNO4. The van der Waals surface area contributed by atoms with Gasteiger partial charge in [-0.3, -0.25) is 0 Å². The van der Waals surface area contributed by atoms with Crippen molar-refractivity contribution in [1.29, 1.82) is 0 Å². The van der Waals surface area contributed by atoms with E-state index in [1.807, 2.05) is 24.3 Å². The summed E-state index contributed by atoms with van der Waals surface area (Å²) in [6.07, 6.45) is -3.61. The number of ether oxygens (including phenoxy) is 1. The van der Waals surface area contributed by atoms with E-state index in [2.05, 4.69) is 21.2 Å². The van der Waals surface area contributed by atoms with Crippen LogP contribution in [0.15, 0.2) is 28.7 Å². The molecule has 1 aliphatic rings. The van der Waals surface area contributed by atoms with Crippen molar-refractivity contribution < 1.29 is 20.1 Å². The maximum atomic E-state index is 9.72. The van der Waals surface area contributed by atoms with Crippen molar-refractivity contribution >= 4 is 21.6 Å². The van der Waals surface area contributed by atoms with Crippen LogP contribution < -0.4 is 5.32 Å². The lowest BCUT2D eigenvalue weighted by Gasteiger charge is -2.17. The molecule has 94 valence electrons. The molecule has 1 aliphatic heterocycles. The highest BCUT2D eigenvalue weighted by Gasteiger charge is 2.42. The predicted molar refractivity (Wildman–Crippen MR) is 65.5 cm³/mol. The van der Waals surface area contributed by atoms with Gasteiger partial charge in [0.1, 0.15) is 18.3 Å². The standard InChI is InChI=1S/C11H14BrNO4/c12-6-1-3-7(4-2-6)13-11-10(16)9(15)8(5-14)17-11/h1-4,8-11,13-16H,5H2/t8-,9-,10-,11-/m1/s1. The Bertz CT molecular complexity index is 372. The van der Waals surface area contributed by atoms with Crippen molar-refractivity contribution in [2.24, 2.45) is 0 Å². The first-order valence-corrected chi connectivity index (χ1v) is 6.05. The summed E-state index contributed by atoms with van der Waals surface area (Å²) in [6, 6.07) is 7.34.